The summed E-state index contributed by atoms with van der Waals surface area (Å²) in [6.45, 7) is 2.12. The Bertz CT molecular complexity index is 762. The lowest BCUT2D eigenvalue weighted by atomic mass is 10.2. The number of aryl methyl sites for hydroxylation is 1. The van der Waals surface area contributed by atoms with Crippen LogP contribution in [0.15, 0.2) is 38.3 Å². The highest BCUT2D eigenvalue weighted by atomic mass is 79.9. The largest absolute Gasteiger partial charge is 0.486 e. The predicted molar refractivity (Wildman–Crippen MR) is 80.1 cm³/mol. The summed E-state index contributed by atoms with van der Waals surface area (Å²) < 4.78 is 8.98. The van der Waals surface area contributed by atoms with Gasteiger partial charge in [-0.2, -0.15) is 0 Å². The molecule has 1 heterocycles. The Labute approximate surface area is 124 Å². The van der Waals surface area contributed by atoms with Crippen LogP contribution in [0.1, 0.15) is 11.3 Å². The Balaban J connectivity index is 2.30. The molecular formula is C14H15BrN2O3. The lowest BCUT2D eigenvalue weighted by Crippen LogP contribution is -2.38. The minimum absolute atomic E-state index is 0.157. The Morgan fingerprint density at radius 1 is 1.15 bits per heavy atom. The molecule has 1 aromatic carbocycles. The molecule has 106 valence electrons. The Morgan fingerprint density at radius 3 is 2.55 bits per heavy atom. The summed E-state index contributed by atoms with van der Waals surface area (Å²) in [6, 6.07) is 7.16. The summed E-state index contributed by atoms with van der Waals surface area (Å²) >= 11 is 3.40. The van der Waals surface area contributed by atoms with E-state index < -0.39 is 0 Å². The van der Waals surface area contributed by atoms with E-state index in [1.54, 1.807) is 7.05 Å². The molecule has 0 aliphatic heterocycles. The third-order valence-electron chi connectivity index (χ3n) is 3.09. The fraction of sp³-hybridized carbons (Fsp3) is 0.286. The number of hydrogen-bond donors (Lipinski definition) is 0. The highest BCUT2D eigenvalue weighted by Crippen LogP contribution is 2.26. The Hall–Kier alpha value is -1.82. The molecule has 0 spiro atoms. The van der Waals surface area contributed by atoms with Gasteiger partial charge in [-0.3, -0.25) is 13.9 Å². The number of rotatable bonds is 3. The molecule has 6 heteroatoms. The summed E-state index contributed by atoms with van der Waals surface area (Å²) in [6.07, 6.45) is 0. The van der Waals surface area contributed by atoms with Gasteiger partial charge in [0.05, 0.1) is 10.2 Å². The minimum atomic E-state index is -0.362. The van der Waals surface area contributed by atoms with Crippen molar-refractivity contribution >= 4 is 15.9 Å². The molecule has 0 radical (unpaired) electrons. The second-order valence-electron chi connectivity index (χ2n) is 4.60. The number of aromatic nitrogens is 2. The molecule has 0 atom stereocenters. The van der Waals surface area contributed by atoms with Gasteiger partial charge in [-0.1, -0.05) is 6.07 Å². The average molecular weight is 339 g/mol. The molecule has 0 unspecified atom stereocenters. The maximum atomic E-state index is 11.8. The van der Waals surface area contributed by atoms with Gasteiger partial charge in [-0.25, -0.2) is 4.79 Å². The maximum absolute atomic E-state index is 11.8. The fourth-order valence-electron chi connectivity index (χ4n) is 1.79. The van der Waals surface area contributed by atoms with Crippen LogP contribution in [0.4, 0.5) is 0 Å². The topological polar surface area (TPSA) is 53.2 Å². The molecule has 0 amide bonds. The van der Waals surface area contributed by atoms with Crippen LogP contribution < -0.4 is 16.0 Å². The standard InChI is InChI=1S/C14H15BrN2O3/c1-9-4-5-11(15)12(6-9)20-8-10-7-13(18)17(3)14(19)16(10)2/h4-7H,8H2,1-3H3. The van der Waals surface area contributed by atoms with E-state index in [0.717, 1.165) is 14.6 Å². The smallest absolute Gasteiger partial charge is 0.330 e. The summed E-state index contributed by atoms with van der Waals surface area (Å²) in [4.78, 5) is 23.4. The van der Waals surface area contributed by atoms with Gasteiger partial charge in [-0.05, 0) is 40.5 Å². The first-order valence-electron chi connectivity index (χ1n) is 6.05. The molecule has 0 bridgehead atoms. The molecule has 5 nitrogen and oxygen atoms in total. The Kier molecular flexibility index (Phi) is 4.13. The first kappa shape index (κ1) is 14.6. The second-order valence-corrected chi connectivity index (χ2v) is 5.45. The monoisotopic (exact) mass is 338 g/mol. The van der Waals surface area contributed by atoms with Crippen molar-refractivity contribution in [1.29, 1.82) is 0 Å². The van der Waals surface area contributed by atoms with Crippen molar-refractivity contribution in [3.63, 3.8) is 0 Å². The van der Waals surface area contributed by atoms with Gasteiger partial charge in [0, 0.05) is 20.2 Å². The molecule has 0 fully saturated rings. The zero-order chi connectivity index (χ0) is 14.9. The number of ether oxygens (including phenoxy) is 1. The first-order chi connectivity index (χ1) is 9.40. The third-order valence-corrected chi connectivity index (χ3v) is 3.74. The van der Waals surface area contributed by atoms with Gasteiger partial charge < -0.3 is 4.74 Å². The van der Waals surface area contributed by atoms with Gasteiger partial charge in [0.1, 0.15) is 12.4 Å². The van der Waals surface area contributed by atoms with Crippen LogP contribution in [0.5, 0.6) is 5.75 Å². The molecular weight excluding hydrogens is 324 g/mol. The lowest BCUT2D eigenvalue weighted by molar-refractivity contribution is 0.291. The predicted octanol–water partition coefficient (Wildman–Crippen LogP) is 1.73. The molecule has 0 saturated heterocycles. The number of nitrogens with zero attached hydrogens (tertiary/aromatic N) is 2. The second kappa shape index (κ2) is 5.66. The average Bonchev–Trinajstić information content (AvgIpc) is 2.42. The molecule has 0 N–H and O–H groups in total. The van der Waals surface area contributed by atoms with Gasteiger partial charge >= 0.3 is 5.69 Å². The van der Waals surface area contributed by atoms with Crippen LogP contribution in [0.3, 0.4) is 0 Å². The highest BCUT2D eigenvalue weighted by Gasteiger charge is 2.08. The van der Waals surface area contributed by atoms with E-state index in [1.807, 2.05) is 25.1 Å². The molecule has 0 saturated carbocycles. The first-order valence-corrected chi connectivity index (χ1v) is 6.84. The van der Waals surface area contributed by atoms with E-state index in [9.17, 15) is 9.59 Å². The molecule has 1 aromatic heterocycles. The van der Waals surface area contributed by atoms with Crippen LogP contribution >= 0.6 is 15.9 Å². The molecule has 2 aromatic rings. The quantitative estimate of drug-likeness (QED) is 0.856. The van der Waals surface area contributed by atoms with Crippen LogP contribution in [0.25, 0.3) is 0 Å². The van der Waals surface area contributed by atoms with E-state index in [-0.39, 0.29) is 17.9 Å². The van der Waals surface area contributed by atoms with Crippen molar-refractivity contribution in [2.75, 3.05) is 0 Å². The summed E-state index contributed by atoms with van der Waals surface area (Å²) in [5.74, 6) is 0.679. The van der Waals surface area contributed by atoms with E-state index in [2.05, 4.69) is 15.9 Å². The molecule has 0 aliphatic carbocycles. The van der Waals surface area contributed by atoms with E-state index in [0.29, 0.717) is 11.4 Å². The van der Waals surface area contributed by atoms with Crippen LogP contribution in [0, 0.1) is 6.92 Å². The highest BCUT2D eigenvalue weighted by molar-refractivity contribution is 9.10. The van der Waals surface area contributed by atoms with Gasteiger partial charge in [0.2, 0.25) is 0 Å². The van der Waals surface area contributed by atoms with Gasteiger partial charge in [-0.15, -0.1) is 0 Å². The van der Waals surface area contributed by atoms with Crippen molar-refractivity contribution in [1.82, 2.24) is 9.13 Å². The maximum Gasteiger partial charge on any atom is 0.330 e. The van der Waals surface area contributed by atoms with Crippen molar-refractivity contribution in [3.8, 4) is 5.75 Å². The minimum Gasteiger partial charge on any atom is -0.486 e. The zero-order valence-corrected chi connectivity index (χ0v) is 13.1. The summed E-state index contributed by atoms with van der Waals surface area (Å²) in [7, 11) is 3.07. The van der Waals surface area contributed by atoms with Crippen LogP contribution in [-0.4, -0.2) is 9.13 Å². The number of benzene rings is 1. The van der Waals surface area contributed by atoms with Crippen molar-refractivity contribution in [2.24, 2.45) is 14.1 Å². The lowest BCUT2D eigenvalue weighted by Gasteiger charge is -2.12. The van der Waals surface area contributed by atoms with E-state index in [1.165, 1.54) is 17.7 Å². The van der Waals surface area contributed by atoms with Gasteiger partial charge in [0.25, 0.3) is 5.56 Å². The number of halogens is 1. The molecule has 20 heavy (non-hydrogen) atoms. The normalized spacial score (nSPS) is 10.6. The van der Waals surface area contributed by atoms with Gasteiger partial charge in [0.15, 0.2) is 0 Å². The number of hydrogen-bond acceptors (Lipinski definition) is 3. The molecule has 2 rings (SSSR count). The summed E-state index contributed by atoms with van der Waals surface area (Å²) in [5, 5.41) is 0. The van der Waals surface area contributed by atoms with E-state index >= 15 is 0 Å². The van der Waals surface area contributed by atoms with Crippen LogP contribution in [0.2, 0.25) is 0 Å². The van der Waals surface area contributed by atoms with Crippen molar-refractivity contribution in [2.45, 2.75) is 13.5 Å². The van der Waals surface area contributed by atoms with Crippen molar-refractivity contribution in [3.05, 3.63) is 60.8 Å². The zero-order valence-electron chi connectivity index (χ0n) is 11.5. The third kappa shape index (κ3) is 2.85. The van der Waals surface area contributed by atoms with Crippen LogP contribution in [-0.2, 0) is 20.7 Å². The SMILES string of the molecule is Cc1ccc(Br)c(OCc2cc(=O)n(C)c(=O)n2C)c1. The van der Waals surface area contributed by atoms with Crippen molar-refractivity contribution < 1.29 is 4.74 Å². The van der Waals surface area contributed by atoms with E-state index in [4.69, 9.17) is 4.74 Å². The Morgan fingerprint density at radius 2 is 1.85 bits per heavy atom. The fourth-order valence-corrected chi connectivity index (χ4v) is 2.15. The molecule has 0 aliphatic rings. The summed E-state index contributed by atoms with van der Waals surface area (Å²) in [5.41, 5.74) is 0.905.